The molecule has 0 aliphatic carbocycles. The zero-order valence-corrected chi connectivity index (χ0v) is 10.3. The number of aliphatic hydroxyl groups is 1. The molecule has 5 heteroatoms. The summed E-state index contributed by atoms with van der Waals surface area (Å²) < 4.78 is 3.75. The van der Waals surface area contributed by atoms with Gasteiger partial charge in [0.15, 0.2) is 0 Å². The summed E-state index contributed by atoms with van der Waals surface area (Å²) in [4.78, 5) is 5.30. The standard InChI is InChI=1S/C13H11N3OS/c17-12(13-8-14-16-18-13)7-10-6-5-9-3-1-2-4-11(9)15-10/h1-6,8,12,17H,7H2. The van der Waals surface area contributed by atoms with Gasteiger partial charge in [-0.25, -0.2) is 0 Å². The van der Waals surface area contributed by atoms with Crippen molar-refractivity contribution in [2.45, 2.75) is 12.5 Å². The summed E-state index contributed by atoms with van der Waals surface area (Å²) in [6, 6.07) is 11.9. The van der Waals surface area contributed by atoms with E-state index in [-0.39, 0.29) is 0 Å². The Hall–Kier alpha value is -1.85. The average molecular weight is 257 g/mol. The number of aliphatic hydroxyl groups excluding tert-OH is 1. The van der Waals surface area contributed by atoms with Gasteiger partial charge in [0.25, 0.3) is 0 Å². The number of hydrogen-bond acceptors (Lipinski definition) is 5. The normalized spacial score (nSPS) is 12.7. The minimum Gasteiger partial charge on any atom is -0.387 e. The molecule has 0 amide bonds. The summed E-state index contributed by atoms with van der Waals surface area (Å²) in [6.07, 6.45) is 1.49. The SMILES string of the molecule is OC(Cc1ccc2ccccc2n1)c1cnns1. The summed E-state index contributed by atoms with van der Waals surface area (Å²) in [5.74, 6) is 0. The van der Waals surface area contributed by atoms with Gasteiger partial charge in [0.2, 0.25) is 0 Å². The highest BCUT2D eigenvalue weighted by Gasteiger charge is 2.12. The molecule has 18 heavy (non-hydrogen) atoms. The van der Waals surface area contributed by atoms with Crippen LogP contribution in [0.2, 0.25) is 0 Å². The van der Waals surface area contributed by atoms with Gasteiger partial charge in [-0.15, -0.1) is 5.10 Å². The lowest BCUT2D eigenvalue weighted by Crippen LogP contribution is -2.01. The third-order valence-electron chi connectivity index (χ3n) is 2.77. The van der Waals surface area contributed by atoms with Crippen molar-refractivity contribution in [1.82, 2.24) is 14.6 Å². The first kappa shape index (κ1) is 11.3. The molecule has 0 aliphatic rings. The molecule has 0 radical (unpaired) electrons. The van der Waals surface area contributed by atoms with E-state index < -0.39 is 6.10 Å². The Labute approximate surface area is 108 Å². The Morgan fingerprint density at radius 3 is 2.89 bits per heavy atom. The number of pyridine rings is 1. The highest BCUT2D eigenvalue weighted by molar-refractivity contribution is 7.05. The molecule has 4 nitrogen and oxygen atoms in total. The van der Waals surface area contributed by atoms with Crippen LogP contribution in [0.25, 0.3) is 10.9 Å². The lowest BCUT2D eigenvalue weighted by molar-refractivity contribution is 0.181. The van der Waals surface area contributed by atoms with Gasteiger partial charge in [-0.1, -0.05) is 28.8 Å². The third-order valence-corrected chi connectivity index (χ3v) is 3.53. The van der Waals surface area contributed by atoms with Crippen LogP contribution < -0.4 is 0 Å². The Morgan fingerprint density at radius 2 is 2.06 bits per heavy atom. The number of para-hydroxylation sites is 1. The molecule has 0 saturated carbocycles. The van der Waals surface area contributed by atoms with Crippen LogP contribution in [0.1, 0.15) is 16.7 Å². The number of benzene rings is 1. The Morgan fingerprint density at radius 1 is 1.17 bits per heavy atom. The number of hydrogen-bond donors (Lipinski definition) is 1. The van der Waals surface area contributed by atoms with E-state index in [9.17, 15) is 5.11 Å². The van der Waals surface area contributed by atoms with Crippen LogP contribution in [0.4, 0.5) is 0 Å². The maximum Gasteiger partial charge on any atom is 0.0969 e. The van der Waals surface area contributed by atoms with Crippen molar-refractivity contribution in [2.24, 2.45) is 0 Å². The summed E-state index contributed by atoms with van der Waals surface area (Å²) in [5, 5.41) is 14.9. The van der Waals surface area contributed by atoms with E-state index in [4.69, 9.17) is 0 Å². The van der Waals surface area contributed by atoms with Crippen LogP contribution in [0.5, 0.6) is 0 Å². The maximum atomic E-state index is 10.0. The molecule has 1 aromatic carbocycles. The molecule has 0 fully saturated rings. The molecule has 3 aromatic rings. The van der Waals surface area contributed by atoms with Gasteiger partial charge in [0.05, 0.1) is 22.7 Å². The monoisotopic (exact) mass is 257 g/mol. The first-order chi connectivity index (χ1) is 8.83. The first-order valence-corrected chi connectivity index (χ1v) is 6.40. The molecular formula is C13H11N3OS. The van der Waals surface area contributed by atoms with E-state index in [1.54, 1.807) is 6.20 Å². The molecule has 0 aliphatic heterocycles. The molecule has 3 rings (SSSR count). The van der Waals surface area contributed by atoms with Crippen molar-refractivity contribution in [3.8, 4) is 0 Å². The largest absolute Gasteiger partial charge is 0.387 e. The van der Waals surface area contributed by atoms with Gasteiger partial charge in [0, 0.05) is 17.5 Å². The fourth-order valence-corrected chi connectivity index (χ4v) is 2.33. The minimum atomic E-state index is -0.585. The van der Waals surface area contributed by atoms with Gasteiger partial charge < -0.3 is 5.11 Å². The number of aromatic nitrogens is 3. The zero-order valence-electron chi connectivity index (χ0n) is 9.52. The number of rotatable bonds is 3. The Kier molecular flexibility index (Phi) is 3.00. The molecule has 90 valence electrons. The second-order valence-electron chi connectivity index (χ2n) is 4.04. The van der Waals surface area contributed by atoms with Gasteiger partial charge in [-0.05, 0) is 23.7 Å². The number of nitrogens with zero attached hydrogens (tertiary/aromatic N) is 3. The van der Waals surface area contributed by atoms with Crippen LogP contribution in [0.3, 0.4) is 0 Å². The molecule has 2 aromatic heterocycles. The van der Waals surface area contributed by atoms with E-state index in [0.717, 1.165) is 21.5 Å². The summed E-state index contributed by atoms with van der Waals surface area (Å²) >= 11 is 1.22. The van der Waals surface area contributed by atoms with Crippen molar-refractivity contribution in [3.05, 3.63) is 53.2 Å². The molecule has 1 unspecified atom stereocenters. The van der Waals surface area contributed by atoms with Gasteiger partial charge in [-0.3, -0.25) is 4.98 Å². The minimum absolute atomic E-state index is 0.481. The van der Waals surface area contributed by atoms with Crippen molar-refractivity contribution in [2.75, 3.05) is 0 Å². The average Bonchev–Trinajstić information content (AvgIpc) is 2.92. The van der Waals surface area contributed by atoms with Gasteiger partial charge in [-0.2, -0.15) is 0 Å². The third kappa shape index (κ3) is 2.23. The van der Waals surface area contributed by atoms with E-state index in [1.807, 2.05) is 36.4 Å². The number of fused-ring (bicyclic) bond motifs is 1. The highest BCUT2D eigenvalue weighted by atomic mass is 32.1. The molecule has 0 bridgehead atoms. The Bertz CT molecular complexity index is 654. The van der Waals surface area contributed by atoms with Crippen LogP contribution in [0, 0.1) is 0 Å². The van der Waals surface area contributed by atoms with Crippen molar-refractivity contribution in [3.63, 3.8) is 0 Å². The van der Waals surface area contributed by atoms with E-state index in [2.05, 4.69) is 14.6 Å². The second-order valence-corrected chi connectivity index (χ2v) is 4.85. The van der Waals surface area contributed by atoms with Crippen LogP contribution in [0.15, 0.2) is 42.6 Å². The van der Waals surface area contributed by atoms with Gasteiger partial charge >= 0.3 is 0 Å². The molecular weight excluding hydrogens is 246 g/mol. The predicted molar refractivity (Wildman–Crippen MR) is 70.3 cm³/mol. The molecule has 1 atom stereocenters. The van der Waals surface area contributed by atoms with Crippen LogP contribution in [-0.2, 0) is 6.42 Å². The quantitative estimate of drug-likeness (QED) is 0.782. The van der Waals surface area contributed by atoms with Crippen molar-refractivity contribution in [1.29, 1.82) is 0 Å². The summed E-state index contributed by atoms with van der Waals surface area (Å²) in [7, 11) is 0. The molecule has 0 saturated heterocycles. The van der Waals surface area contributed by atoms with Crippen molar-refractivity contribution >= 4 is 22.4 Å². The molecule has 0 spiro atoms. The molecule has 2 heterocycles. The van der Waals surface area contributed by atoms with Crippen LogP contribution >= 0.6 is 11.5 Å². The zero-order chi connectivity index (χ0) is 12.4. The van der Waals surface area contributed by atoms with Crippen molar-refractivity contribution < 1.29 is 5.11 Å². The lowest BCUT2D eigenvalue weighted by Gasteiger charge is -2.07. The first-order valence-electron chi connectivity index (χ1n) is 5.63. The lowest BCUT2D eigenvalue weighted by atomic mass is 10.1. The highest BCUT2D eigenvalue weighted by Crippen LogP contribution is 2.20. The summed E-state index contributed by atoms with van der Waals surface area (Å²) in [6.45, 7) is 0. The second kappa shape index (κ2) is 4.80. The fraction of sp³-hybridized carbons (Fsp3) is 0.154. The predicted octanol–water partition coefficient (Wildman–Crippen LogP) is 2.36. The van der Waals surface area contributed by atoms with E-state index in [0.29, 0.717) is 6.42 Å². The molecule has 1 N–H and O–H groups in total. The van der Waals surface area contributed by atoms with Crippen LogP contribution in [-0.4, -0.2) is 19.7 Å². The smallest absolute Gasteiger partial charge is 0.0969 e. The summed E-state index contributed by atoms with van der Waals surface area (Å²) in [5.41, 5.74) is 1.82. The van der Waals surface area contributed by atoms with E-state index in [1.165, 1.54) is 11.5 Å². The Balaban J connectivity index is 1.86. The topological polar surface area (TPSA) is 58.9 Å². The maximum absolute atomic E-state index is 10.0. The van der Waals surface area contributed by atoms with Gasteiger partial charge in [0.1, 0.15) is 0 Å². The fourth-order valence-electron chi connectivity index (χ4n) is 1.84. The van der Waals surface area contributed by atoms with E-state index >= 15 is 0 Å².